The number of hydrogen-bond donors (Lipinski definition) is 2. The normalized spacial score (nSPS) is 12.2. The zero-order chi connectivity index (χ0) is 20.4. The highest BCUT2D eigenvalue weighted by molar-refractivity contribution is 5.72. The number of imidazole rings is 1. The fraction of sp³-hybridized carbons (Fsp3) is 0.227. The molecule has 2 heterocycles. The third kappa shape index (κ3) is 3.64. The molecule has 0 bridgehead atoms. The van der Waals surface area contributed by atoms with Gasteiger partial charge in [-0.25, -0.2) is 4.98 Å². The van der Waals surface area contributed by atoms with E-state index in [2.05, 4.69) is 15.3 Å². The van der Waals surface area contributed by atoms with Crippen LogP contribution < -0.4 is 10.9 Å². The number of aryl methyl sites for hydroxylation is 1. The monoisotopic (exact) mass is 389 g/mol. The number of rotatable bonds is 6. The Morgan fingerprint density at radius 3 is 2.34 bits per heavy atom. The number of hydrogen-bond acceptors (Lipinski definition) is 5. The minimum atomic E-state index is -0.376. The Morgan fingerprint density at radius 2 is 1.69 bits per heavy atom. The van der Waals surface area contributed by atoms with E-state index in [4.69, 9.17) is 0 Å². The highest BCUT2D eigenvalue weighted by atomic mass is 16.3. The van der Waals surface area contributed by atoms with Crippen molar-refractivity contribution < 1.29 is 5.11 Å². The van der Waals surface area contributed by atoms with Crippen LogP contribution in [0.4, 0.5) is 5.95 Å². The lowest BCUT2D eigenvalue weighted by molar-refractivity contribution is 0.275. The van der Waals surface area contributed by atoms with Gasteiger partial charge < -0.3 is 15.0 Å². The molecule has 2 aromatic carbocycles. The van der Waals surface area contributed by atoms with Crippen molar-refractivity contribution in [3.05, 3.63) is 88.0 Å². The lowest BCUT2D eigenvalue weighted by Gasteiger charge is -2.19. The van der Waals surface area contributed by atoms with Crippen LogP contribution in [0, 0.1) is 6.92 Å². The number of benzene rings is 2. The fourth-order valence-corrected chi connectivity index (χ4v) is 3.43. The third-order valence-corrected chi connectivity index (χ3v) is 5.05. The van der Waals surface area contributed by atoms with Gasteiger partial charge in [-0.3, -0.25) is 9.36 Å². The Bertz CT molecular complexity index is 1180. The summed E-state index contributed by atoms with van der Waals surface area (Å²) in [6.07, 6.45) is 0. The first kappa shape index (κ1) is 18.9. The molecule has 0 radical (unpaired) electrons. The average Bonchev–Trinajstić information content (AvgIpc) is 3.06. The van der Waals surface area contributed by atoms with Gasteiger partial charge in [0.15, 0.2) is 11.2 Å². The summed E-state index contributed by atoms with van der Waals surface area (Å²) in [5.74, 6) is 1.10. The van der Waals surface area contributed by atoms with Crippen LogP contribution in [0.15, 0.2) is 65.5 Å². The second kappa shape index (κ2) is 7.89. The molecule has 0 amide bonds. The standard InChI is InChI=1S/C22H23N5O2/c1-15-23-20-19(27(15)13-16-9-5-3-6-10-16)21(29)26(2)22(25-20)24-18(14-28)17-11-7-4-8-12-17/h3-12,18,28H,13-14H2,1-2H3,(H,24,25). The number of nitrogens with zero attached hydrogens (tertiary/aromatic N) is 4. The maximum Gasteiger partial charge on any atom is 0.280 e. The van der Waals surface area contributed by atoms with Gasteiger partial charge in [-0.15, -0.1) is 0 Å². The molecule has 0 aliphatic rings. The second-order valence-corrected chi connectivity index (χ2v) is 6.99. The lowest BCUT2D eigenvalue weighted by atomic mass is 10.1. The summed E-state index contributed by atoms with van der Waals surface area (Å²) < 4.78 is 3.36. The largest absolute Gasteiger partial charge is 0.394 e. The minimum Gasteiger partial charge on any atom is -0.394 e. The van der Waals surface area contributed by atoms with Gasteiger partial charge in [0.2, 0.25) is 5.95 Å². The Kier molecular flexibility index (Phi) is 5.14. The van der Waals surface area contributed by atoms with E-state index >= 15 is 0 Å². The molecule has 1 unspecified atom stereocenters. The average molecular weight is 389 g/mol. The van der Waals surface area contributed by atoms with Gasteiger partial charge in [0.05, 0.1) is 12.6 Å². The number of nitrogens with one attached hydrogen (secondary N) is 1. The van der Waals surface area contributed by atoms with E-state index in [1.165, 1.54) is 4.57 Å². The number of aliphatic hydroxyl groups excluding tert-OH is 1. The van der Waals surface area contributed by atoms with Crippen LogP contribution in [-0.4, -0.2) is 30.8 Å². The smallest absolute Gasteiger partial charge is 0.280 e. The van der Waals surface area contributed by atoms with Gasteiger partial charge in [0.1, 0.15) is 5.82 Å². The Hall–Kier alpha value is -3.45. The maximum absolute atomic E-state index is 13.1. The summed E-state index contributed by atoms with van der Waals surface area (Å²) >= 11 is 0. The van der Waals surface area contributed by atoms with Crippen molar-refractivity contribution in [3.8, 4) is 0 Å². The van der Waals surface area contributed by atoms with Crippen molar-refractivity contribution in [3.63, 3.8) is 0 Å². The molecule has 2 aromatic heterocycles. The quantitative estimate of drug-likeness (QED) is 0.530. The lowest BCUT2D eigenvalue weighted by Crippen LogP contribution is -2.26. The van der Waals surface area contributed by atoms with Crippen LogP contribution in [0.5, 0.6) is 0 Å². The number of anilines is 1. The van der Waals surface area contributed by atoms with Gasteiger partial charge in [-0.1, -0.05) is 60.7 Å². The highest BCUT2D eigenvalue weighted by Gasteiger charge is 2.19. The van der Waals surface area contributed by atoms with Gasteiger partial charge >= 0.3 is 0 Å². The summed E-state index contributed by atoms with van der Waals surface area (Å²) in [5, 5.41) is 13.0. The van der Waals surface area contributed by atoms with Crippen molar-refractivity contribution in [2.45, 2.75) is 19.5 Å². The molecule has 4 rings (SSSR count). The molecular formula is C22H23N5O2. The second-order valence-electron chi connectivity index (χ2n) is 6.99. The van der Waals surface area contributed by atoms with E-state index in [9.17, 15) is 9.90 Å². The molecule has 4 aromatic rings. The van der Waals surface area contributed by atoms with Crippen LogP contribution in [0.3, 0.4) is 0 Å². The van der Waals surface area contributed by atoms with E-state index in [-0.39, 0.29) is 18.2 Å². The van der Waals surface area contributed by atoms with Crippen LogP contribution >= 0.6 is 0 Å². The van der Waals surface area contributed by atoms with Crippen LogP contribution in [0.25, 0.3) is 11.2 Å². The zero-order valence-electron chi connectivity index (χ0n) is 16.4. The van der Waals surface area contributed by atoms with Crippen molar-refractivity contribution in [1.82, 2.24) is 19.1 Å². The summed E-state index contributed by atoms with van der Waals surface area (Å²) in [7, 11) is 1.67. The molecule has 7 heteroatoms. The molecule has 0 aliphatic heterocycles. The first-order valence-electron chi connectivity index (χ1n) is 9.48. The van der Waals surface area contributed by atoms with Crippen LogP contribution in [0.2, 0.25) is 0 Å². The van der Waals surface area contributed by atoms with Crippen molar-refractivity contribution >= 4 is 17.1 Å². The topological polar surface area (TPSA) is 85.0 Å². The predicted molar refractivity (Wildman–Crippen MR) is 113 cm³/mol. The zero-order valence-corrected chi connectivity index (χ0v) is 16.4. The molecule has 0 aliphatic carbocycles. The molecule has 29 heavy (non-hydrogen) atoms. The van der Waals surface area contributed by atoms with Crippen molar-refractivity contribution in [2.24, 2.45) is 7.05 Å². The fourth-order valence-electron chi connectivity index (χ4n) is 3.43. The molecule has 0 spiro atoms. The van der Waals surface area contributed by atoms with Crippen molar-refractivity contribution in [2.75, 3.05) is 11.9 Å². The number of aromatic nitrogens is 4. The number of aliphatic hydroxyl groups is 1. The predicted octanol–water partition coefficient (Wildman–Crippen LogP) is 2.63. The highest BCUT2D eigenvalue weighted by Crippen LogP contribution is 2.19. The first-order valence-corrected chi connectivity index (χ1v) is 9.48. The van der Waals surface area contributed by atoms with Crippen LogP contribution in [-0.2, 0) is 13.6 Å². The van der Waals surface area contributed by atoms with E-state index in [0.717, 1.165) is 17.0 Å². The Labute approximate surface area is 168 Å². The molecule has 0 saturated heterocycles. The molecule has 0 fully saturated rings. The van der Waals surface area contributed by atoms with E-state index in [1.807, 2.05) is 72.2 Å². The minimum absolute atomic E-state index is 0.126. The van der Waals surface area contributed by atoms with E-state index in [0.29, 0.717) is 23.7 Å². The summed E-state index contributed by atoms with van der Waals surface area (Å²) in [4.78, 5) is 22.2. The third-order valence-electron chi connectivity index (χ3n) is 5.05. The Balaban J connectivity index is 1.75. The molecule has 2 N–H and O–H groups in total. The van der Waals surface area contributed by atoms with Crippen LogP contribution in [0.1, 0.15) is 23.0 Å². The van der Waals surface area contributed by atoms with Crippen molar-refractivity contribution in [1.29, 1.82) is 0 Å². The van der Waals surface area contributed by atoms with E-state index < -0.39 is 0 Å². The van der Waals surface area contributed by atoms with Gasteiger partial charge in [0.25, 0.3) is 5.56 Å². The molecule has 7 nitrogen and oxygen atoms in total. The molecular weight excluding hydrogens is 366 g/mol. The molecule has 0 saturated carbocycles. The van der Waals surface area contributed by atoms with Gasteiger partial charge in [-0.05, 0) is 18.1 Å². The number of fused-ring (bicyclic) bond motifs is 1. The molecule has 148 valence electrons. The van der Waals surface area contributed by atoms with Gasteiger partial charge in [0, 0.05) is 13.6 Å². The summed E-state index contributed by atoms with van der Waals surface area (Å²) in [6, 6.07) is 19.1. The van der Waals surface area contributed by atoms with E-state index in [1.54, 1.807) is 7.05 Å². The first-order chi connectivity index (χ1) is 14.1. The SMILES string of the molecule is Cc1nc2nc(NC(CO)c3ccccc3)n(C)c(=O)c2n1Cc1ccccc1. The van der Waals surface area contributed by atoms with Gasteiger partial charge in [-0.2, -0.15) is 4.98 Å². The molecule has 1 atom stereocenters. The summed E-state index contributed by atoms with van der Waals surface area (Å²) in [6.45, 7) is 2.30. The Morgan fingerprint density at radius 1 is 1.03 bits per heavy atom. The maximum atomic E-state index is 13.1. The summed E-state index contributed by atoms with van der Waals surface area (Å²) in [5.41, 5.74) is 2.69.